The first-order valence-corrected chi connectivity index (χ1v) is 10.9. The zero-order valence-electron chi connectivity index (χ0n) is 11.8. The van der Waals surface area contributed by atoms with Gasteiger partial charge >= 0.3 is 0 Å². The summed E-state index contributed by atoms with van der Waals surface area (Å²) >= 11 is 11.4. The summed E-state index contributed by atoms with van der Waals surface area (Å²) < 4.78 is 36.2. The summed E-state index contributed by atoms with van der Waals surface area (Å²) in [6.07, 6.45) is 0.499. The van der Waals surface area contributed by atoms with E-state index in [9.17, 15) is 8.42 Å². The van der Waals surface area contributed by atoms with Gasteiger partial charge in [0.25, 0.3) is 5.88 Å². The third kappa shape index (κ3) is 3.74. The van der Waals surface area contributed by atoms with E-state index < -0.39 is 16.3 Å². The normalized spacial score (nSPS) is 15.1. The van der Waals surface area contributed by atoms with Gasteiger partial charge in [-0.15, -0.1) is 5.10 Å². The van der Waals surface area contributed by atoms with Gasteiger partial charge in [-0.25, -0.2) is 8.42 Å². The molecule has 1 aromatic heterocycles. The second-order valence-corrected chi connectivity index (χ2v) is 10.4. The van der Waals surface area contributed by atoms with E-state index >= 15 is 0 Å². The van der Waals surface area contributed by atoms with Gasteiger partial charge in [-0.2, -0.15) is 0 Å². The highest BCUT2D eigenvalue weighted by Gasteiger charge is 2.29. The molecule has 6 nitrogen and oxygen atoms in total. The molecule has 0 aromatic carbocycles. The van der Waals surface area contributed by atoms with Crippen molar-refractivity contribution in [2.45, 2.75) is 25.8 Å². The summed E-state index contributed by atoms with van der Waals surface area (Å²) in [5, 5.41) is 3.90. The summed E-state index contributed by atoms with van der Waals surface area (Å²) in [4.78, 5) is 0. The molecule has 0 aliphatic carbocycles. The van der Waals surface area contributed by atoms with Crippen LogP contribution in [0.4, 0.5) is 0 Å². The van der Waals surface area contributed by atoms with Gasteiger partial charge in [-0.1, -0.05) is 25.4 Å². The van der Waals surface area contributed by atoms with Crippen molar-refractivity contribution in [1.29, 1.82) is 0 Å². The molecule has 0 N–H and O–H groups in total. The Morgan fingerprint density at radius 2 is 2.00 bits per heavy atom. The average Bonchev–Trinajstić information content (AvgIpc) is 2.65. The molecule has 0 saturated heterocycles. The molecule has 1 atom stereocenters. The van der Waals surface area contributed by atoms with Crippen LogP contribution in [0.1, 0.15) is 20.8 Å². The van der Waals surface area contributed by atoms with E-state index in [4.69, 9.17) is 32.5 Å². The van der Waals surface area contributed by atoms with Crippen molar-refractivity contribution in [3.05, 3.63) is 5.02 Å². The minimum absolute atomic E-state index is 0.0137. The van der Waals surface area contributed by atoms with Crippen LogP contribution in [-0.2, 0) is 33.2 Å². The molecule has 116 valence electrons. The Morgan fingerprint density at radius 1 is 1.40 bits per heavy atom. The van der Waals surface area contributed by atoms with E-state index in [-0.39, 0.29) is 21.7 Å². The Morgan fingerprint density at radius 3 is 2.45 bits per heavy atom. The van der Waals surface area contributed by atoms with Crippen LogP contribution in [0.5, 0.6) is 5.88 Å². The van der Waals surface area contributed by atoms with Crippen molar-refractivity contribution >= 4 is 39.7 Å². The van der Waals surface area contributed by atoms with Gasteiger partial charge < -0.3 is 9.05 Å². The molecular formula is C10H18ClN2O4PS2. The summed E-state index contributed by atoms with van der Waals surface area (Å²) in [5.74, 6) is -0.0566. The molecule has 0 fully saturated rings. The minimum Gasteiger partial charge on any atom is -0.422 e. The van der Waals surface area contributed by atoms with E-state index in [0.717, 1.165) is 0 Å². The van der Waals surface area contributed by atoms with Crippen LogP contribution in [0.25, 0.3) is 0 Å². The number of aryl methyl sites for hydroxylation is 1. The van der Waals surface area contributed by atoms with Crippen molar-refractivity contribution in [1.82, 2.24) is 9.78 Å². The lowest BCUT2D eigenvalue weighted by atomic mass is 10.7. The number of sulfone groups is 1. The molecule has 1 rings (SSSR count). The maximum atomic E-state index is 12.0. The number of hydrogen-bond donors (Lipinski definition) is 0. The summed E-state index contributed by atoms with van der Waals surface area (Å²) in [6, 6.07) is 0. The van der Waals surface area contributed by atoms with Gasteiger partial charge in [0.1, 0.15) is 5.02 Å². The van der Waals surface area contributed by atoms with E-state index in [0.29, 0.717) is 12.8 Å². The Balaban J connectivity index is 3.24. The van der Waals surface area contributed by atoms with Crippen molar-refractivity contribution in [3.63, 3.8) is 0 Å². The predicted molar refractivity (Wildman–Crippen MR) is 83.0 cm³/mol. The number of nitrogens with zero attached hydrogens (tertiary/aromatic N) is 2. The van der Waals surface area contributed by atoms with Gasteiger partial charge in [0.05, 0.1) is 12.4 Å². The minimum atomic E-state index is -3.49. The molecule has 0 radical (unpaired) electrons. The van der Waals surface area contributed by atoms with E-state index in [1.165, 1.54) is 18.7 Å². The summed E-state index contributed by atoms with van der Waals surface area (Å²) in [7, 11) is -1.99. The van der Waals surface area contributed by atoms with Crippen molar-refractivity contribution in [3.8, 4) is 5.88 Å². The number of hydrogen-bond acceptors (Lipinski definition) is 6. The van der Waals surface area contributed by atoms with E-state index in [1.54, 1.807) is 0 Å². The van der Waals surface area contributed by atoms with Crippen LogP contribution in [0.3, 0.4) is 0 Å². The van der Waals surface area contributed by atoms with Crippen LogP contribution in [0.15, 0.2) is 5.03 Å². The van der Waals surface area contributed by atoms with Crippen LogP contribution in [0.2, 0.25) is 5.02 Å². The molecule has 20 heavy (non-hydrogen) atoms. The highest BCUT2D eigenvalue weighted by Crippen LogP contribution is 2.50. The van der Waals surface area contributed by atoms with Gasteiger partial charge in [0, 0.05) is 13.2 Å². The molecule has 1 heterocycles. The second kappa shape index (κ2) is 6.75. The zero-order chi connectivity index (χ0) is 15.6. The first-order chi connectivity index (χ1) is 9.20. The molecule has 0 saturated carbocycles. The second-order valence-electron chi connectivity index (χ2n) is 3.89. The van der Waals surface area contributed by atoms with Gasteiger partial charge in [0.15, 0.2) is 14.9 Å². The van der Waals surface area contributed by atoms with Gasteiger partial charge in [-0.05, 0) is 18.7 Å². The Labute approximate surface area is 129 Å². The maximum Gasteiger partial charge on any atom is 0.258 e. The van der Waals surface area contributed by atoms with E-state index in [2.05, 4.69) is 5.10 Å². The lowest BCUT2D eigenvalue weighted by molar-refractivity contribution is 0.328. The fraction of sp³-hybridized carbons (Fsp3) is 0.700. The van der Waals surface area contributed by atoms with Gasteiger partial charge in [-0.3, -0.25) is 4.68 Å². The molecule has 0 aliphatic heterocycles. The standard InChI is InChI=1S/C10H18ClN2O4PS2/c1-5-16-18(19,6-2)17-9-8(11)10(13(4)12-9)20(14,15)7-3/h5-7H2,1-4H3. The first kappa shape index (κ1) is 17.9. The zero-order valence-corrected chi connectivity index (χ0v) is 15.1. The van der Waals surface area contributed by atoms with Gasteiger partial charge in [0.2, 0.25) is 6.49 Å². The quantitative estimate of drug-likeness (QED) is 0.696. The van der Waals surface area contributed by atoms with Crippen LogP contribution >= 0.6 is 18.1 Å². The number of aromatic nitrogens is 2. The Kier molecular flexibility index (Phi) is 6.04. The Hall–Kier alpha value is -0.140. The molecule has 0 spiro atoms. The van der Waals surface area contributed by atoms with Crippen LogP contribution in [0, 0.1) is 0 Å². The lowest BCUT2D eigenvalue weighted by Crippen LogP contribution is -2.10. The molecule has 0 bridgehead atoms. The fourth-order valence-corrected chi connectivity index (χ4v) is 4.86. The first-order valence-electron chi connectivity index (χ1n) is 6.09. The number of halogens is 1. The van der Waals surface area contributed by atoms with Crippen molar-refractivity contribution in [2.24, 2.45) is 7.05 Å². The summed E-state index contributed by atoms with van der Waals surface area (Å²) in [6.45, 7) is 3.07. The molecule has 10 heteroatoms. The molecule has 0 aliphatic rings. The smallest absolute Gasteiger partial charge is 0.258 e. The fourth-order valence-electron chi connectivity index (χ4n) is 1.50. The molecule has 0 amide bonds. The highest BCUT2D eigenvalue weighted by molar-refractivity contribution is 8.10. The number of rotatable bonds is 7. The molecular weight excluding hydrogens is 343 g/mol. The lowest BCUT2D eigenvalue weighted by Gasteiger charge is -2.19. The highest BCUT2D eigenvalue weighted by atomic mass is 35.5. The van der Waals surface area contributed by atoms with E-state index in [1.807, 2.05) is 13.8 Å². The maximum absolute atomic E-state index is 12.0. The Bertz CT molecular complexity index is 629. The van der Waals surface area contributed by atoms with Crippen molar-refractivity contribution in [2.75, 3.05) is 18.5 Å². The topological polar surface area (TPSA) is 70.4 Å². The third-order valence-electron chi connectivity index (χ3n) is 2.52. The average molecular weight is 361 g/mol. The largest absolute Gasteiger partial charge is 0.422 e. The SMILES string of the molecule is CCOP(=S)(CC)Oc1nn(C)c(S(=O)(=O)CC)c1Cl. The third-order valence-corrected chi connectivity index (χ3v) is 7.99. The predicted octanol–water partition coefficient (Wildman–Crippen LogP) is 2.61. The van der Waals surface area contributed by atoms with Crippen molar-refractivity contribution < 1.29 is 17.5 Å². The molecule has 1 aromatic rings. The summed E-state index contributed by atoms with van der Waals surface area (Å²) in [5.41, 5.74) is 0. The van der Waals surface area contributed by atoms with Crippen LogP contribution < -0.4 is 4.52 Å². The monoisotopic (exact) mass is 360 g/mol. The molecule has 1 unspecified atom stereocenters. The van der Waals surface area contributed by atoms with Crippen LogP contribution in [-0.4, -0.2) is 36.7 Å².